The number of carbonyl (C=O) groups is 1. The van der Waals surface area contributed by atoms with E-state index in [1.165, 1.54) is 41.0 Å². The SMILES string of the molecule is CC(F)n1ncc2c1-c1ccnc(c1)[C@H](c1coc(-c3cc(Cl)ccc3-n3cc(C#N)nn3)cc1=O)CCC[C@@H](C)C(=O)N2. The van der Waals surface area contributed by atoms with Gasteiger partial charge in [-0.2, -0.15) is 10.4 Å². The van der Waals surface area contributed by atoms with Crippen LogP contribution in [-0.2, 0) is 4.79 Å². The van der Waals surface area contributed by atoms with Crippen molar-refractivity contribution in [1.82, 2.24) is 29.8 Å². The molecular formula is C31H26ClFN8O3. The summed E-state index contributed by atoms with van der Waals surface area (Å²) in [6, 6.07) is 11.8. The average Bonchev–Trinajstić information content (AvgIpc) is 3.67. The zero-order valence-electron chi connectivity index (χ0n) is 23.7. The number of fused-ring (bicyclic) bond motifs is 4. The molecule has 222 valence electrons. The number of hydrogen-bond donors (Lipinski definition) is 1. The zero-order chi connectivity index (χ0) is 31.0. The molecule has 1 amide bonds. The summed E-state index contributed by atoms with van der Waals surface area (Å²) in [5.41, 5.74) is 3.23. The molecule has 1 aromatic carbocycles. The first-order chi connectivity index (χ1) is 21.2. The molecule has 0 aliphatic carbocycles. The molecule has 4 aromatic heterocycles. The molecule has 11 nitrogen and oxygen atoms in total. The van der Waals surface area contributed by atoms with Crippen molar-refractivity contribution in [3.05, 3.63) is 93.4 Å². The van der Waals surface area contributed by atoms with Gasteiger partial charge >= 0.3 is 0 Å². The van der Waals surface area contributed by atoms with Crippen LogP contribution in [0.1, 0.15) is 62.3 Å². The van der Waals surface area contributed by atoms with E-state index in [1.807, 2.05) is 13.0 Å². The number of nitrogens with zero attached hydrogens (tertiary/aromatic N) is 7. The summed E-state index contributed by atoms with van der Waals surface area (Å²) in [6.07, 6.45) is 6.18. The Morgan fingerprint density at radius 3 is 2.80 bits per heavy atom. The van der Waals surface area contributed by atoms with Crippen molar-refractivity contribution < 1.29 is 13.6 Å². The van der Waals surface area contributed by atoms with E-state index in [-0.39, 0.29) is 28.7 Å². The van der Waals surface area contributed by atoms with E-state index in [0.717, 1.165) is 0 Å². The number of alkyl halides is 1. The maximum Gasteiger partial charge on any atom is 0.227 e. The molecule has 6 rings (SSSR count). The lowest BCUT2D eigenvalue weighted by Crippen LogP contribution is -2.22. The van der Waals surface area contributed by atoms with E-state index in [4.69, 9.17) is 16.0 Å². The van der Waals surface area contributed by atoms with Gasteiger partial charge in [-0.1, -0.05) is 30.2 Å². The lowest BCUT2D eigenvalue weighted by atomic mass is 9.88. The predicted octanol–water partition coefficient (Wildman–Crippen LogP) is 6.05. The van der Waals surface area contributed by atoms with Gasteiger partial charge in [-0.15, -0.1) is 5.10 Å². The van der Waals surface area contributed by atoms with Crippen LogP contribution >= 0.6 is 11.6 Å². The summed E-state index contributed by atoms with van der Waals surface area (Å²) in [7, 11) is 0. The molecule has 5 heterocycles. The number of anilines is 1. The van der Waals surface area contributed by atoms with Gasteiger partial charge in [-0.3, -0.25) is 14.6 Å². The maximum absolute atomic E-state index is 14.6. The number of benzene rings is 1. The molecule has 44 heavy (non-hydrogen) atoms. The highest BCUT2D eigenvalue weighted by Crippen LogP contribution is 2.36. The van der Waals surface area contributed by atoms with Gasteiger partial charge in [0.25, 0.3) is 0 Å². The van der Waals surface area contributed by atoms with Crippen molar-refractivity contribution in [3.8, 4) is 34.3 Å². The van der Waals surface area contributed by atoms with Crippen molar-refractivity contribution in [2.24, 2.45) is 5.92 Å². The number of hydrogen-bond acceptors (Lipinski definition) is 8. The molecule has 0 spiro atoms. The van der Waals surface area contributed by atoms with Crippen LogP contribution in [-0.4, -0.2) is 35.7 Å². The summed E-state index contributed by atoms with van der Waals surface area (Å²) < 4.78 is 23.3. The first kappa shape index (κ1) is 28.9. The van der Waals surface area contributed by atoms with E-state index in [2.05, 4.69) is 25.7 Å². The van der Waals surface area contributed by atoms with Gasteiger partial charge in [-0.05, 0) is 50.1 Å². The molecule has 5 aromatic rings. The summed E-state index contributed by atoms with van der Waals surface area (Å²) >= 11 is 6.30. The van der Waals surface area contributed by atoms with Gasteiger partial charge in [0.15, 0.2) is 17.4 Å². The quantitative estimate of drug-likeness (QED) is 0.258. The fourth-order valence-electron chi connectivity index (χ4n) is 5.43. The predicted molar refractivity (Wildman–Crippen MR) is 160 cm³/mol. The Morgan fingerprint density at radius 1 is 1.20 bits per heavy atom. The molecular weight excluding hydrogens is 587 g/mol. The minimum atomic E-state index is -1.45. The van der Waals surface area contributed by atoms with Gasteiger partial charge in [0.2, 0.25) is 5.91 Å². The molecule has 13 heteroatoms. The summed E-state index contributed by atoms with van der Waals surface area (Å²) in [4.78, 5) is 31.4. The van der Waals surface area contributed by atoms with Gasteiger partial charge in [-0.25, -0.2) is 13.8 Å². The van der Waals surface area contributed by atoms with Crippen LogP contribution in [0, 0.1) is 17.2 Å². The Labute approximate surface area is 255 Å². The molecule has 2 bridgehead atoms. The number of amides is 1. The van der Waals surface area contributed by atoms with Crippen LogP contribution in [0.15, 0.2) is 70.5 Å². The van der Waals surface area contributed by atoms with Crippen molar-refractivity contribution in [3.63, 3.8) is 0 Å². The lowest BCUT2D eigenvalue weighted by Gasteiger charge is -2.20. The smallest absolute Gasteiger partial charge is 0.227 e. The maximum atomic E-state index is 14.6. The van der Waals surface area contributed by atoms with E-state index in [9.17, 15) is 19.2 Å². The fourth-order valence-corrected chi connectivity index (χ4v) is 5.60. The minimum Gasteiger partial charge on any atom is -0.464 e. The van der Waals surface area contributed by atoms with Gasteiger partial charge in [0.05, 0.1) is 35.7 Å². The van der Waals surface area contributed by atoms with Gasteiger partial charge < -0.3 is 9.73 Å². The van der Waals surface area contributed by atoms with Crippen LogP contribution in [0.4, 0.5) is 10.1 Å². The number of aromatic nitrogens is 6. The summed E-state index contributed by atoms with van der Waals surface area (Å²) in [5, 5.41) is 24.5. The fraction of sp³-hybridized carbons (Fsp3) is 0.258. The molecule has 0 saturated heterocycles. The van der Waals surface area contributed by atoms with Crippen LogP contribution in [0.3, 0.4) is 0 Å². The van der Waals surface area contributed by atoms with Gasteiger partial charge in [0, 0.05) is 51.5 Å². The van der Waals surface area contributed by atoms with Crippen LogP contribution in [0.25, 0.3) is 28.3 Å². The third kappa shape index (κ3) is 5.49. The number of nitrogens with one attached hydrogen (secondary N) is 1. The molecule has 1 N–H and O–H groups in total. The van der Waals surface area contributed by atoms with Crippen LogP contribution in [0.5, 0.6) is 0 Å². The molecule has 1 aliphatic rings. The Bertz CT molecular complexity index is 1970. The first-order valence-electron chi connectivity index (χ1n) is 14.0. The molecule has 3 atom stereocenters. The van der Waals surface area contributed by atoms with Crippen LogP contribution in [0.2, 0.25) is 5.02 Å². The third-order valence-electron chi connectivity index (χ3n) is 7.69. The van der Waals surface area contributed by atoms with Gasteiger partial charge in [0.1, 0.15) is 11.8 Å². The summed E-state index contributed by atoms with van der Waals surface area (Å²) in [5.74, 6) is -0.751. The number of pyridine rings is 1. The van der Waals surface area contributed by atoms with E-state index in [0.29, 0.717) is 63.7 Å². The summed E-state index contributed by atoms with van der Waals surface area (Å²) in [6.45, 7) is 3.19. The highest BCUT2D eigenvalue weighted by atomic mass is 35.5. The highest BCUT2D eigenvalue weighted by Gasteiger charge is 2.26. The van der Waals surface area contributed by atoms with E-state index >= 15 is 0 Å². The van der Waals surface area contributed by atoms with Crippen molar-refractivity contribution in [2.75, 3.05) is 5.32 Å². The standard InChI is InChI=1S/C31H26ClFN8O3/c1-17-4-3-5-22(25-10-19(8-9-35-25)30-26(37-31(17)43)14-36-41(30)18(2)33)24-16-44-29(12-28(24)42)23-11-20(32)6-7-27(23)40-15-21(13-34)38-39-40/h6-12,14-18,22H,3-5H2,1-2H3,(H,37,43)/t17-,18?,22+/m1/s1. The van der Waals surface area contributed by atoms with Crippen LogP contribution < -0.4 is 10.7 Å². The minimum absolute atomic E-state index is 0.128. The van der Waals surface area contributed by atoms with Crippen molar-refractivity contribution in [2.45, 2.75) is 45.3 Å². The Kier molecular flexibility index (Phi) is 7.80. The average molecular weight is 613 g/mol. The molecule has 1 aliphatic heterocycles. The van der Waals surface area contributed by atoms with Crippen molar-refractivity contribution >= 4 is 23.2 Å². The number of nitriles is 1. The molecule has 0 radical (unpaired) electrons. The van der Waals surface area contributed by atoms with Crippen molar-refractivity contribution in [1.29, 1.82) is 5.26 Å². The second-order valence-corrected chi connectivity index (χ2v) is 11.1. The number of halogens is 2. The third-order valence-corrected chi connectivity index (χ3v) is 7.93. The molecule has 0 saturated carbocycles. The van der Waals surface area contributed by atoms with E-state index < -0.39 is 12.2 Å². The first-order valence-corrected chi connectivity index (χ1v) is 14.4. The highest BCUT2D eigenvalue weighted by molar-refractivity contribution is 6.31. The largest absolute Gasteiger partial charge is 0.464 e. The molecule has 0 fully saturated rings. The topological polar surface area (TPSA) is 145 Å². The monoisotopic (exact) mass is 612 g/mol. The number of rotatable bonds is 4. The second-order valence-electron chi connectivity index (χ2n) is 10.7. The number of carbonyl (C=O) groups excluding carboxylic acids is 1. The Balaban J connectivity index is 1.44. The second kappa shape index (κ2) is 11.9. The zero-order valence-corrected chi connectivity index (χ0v) is 24.5. The molecule has 1 unspecified atom stereocenters. The van der Waals surface area contributed by atoms with E-state index in [1.54, 1.807) is 36.5 Å². The Hall–Kier alpha value is -5.15. The normalized spacial score (nSPS) is 17.5. The Morgan fingerprint density at radius 2 is 2.05 bits per heavy atom. The lowest BCUT2D eigenvalue weighted by molar-refractivity contribution is -0.119.